The molecule has 0 aliphatic heterocycles. The normalized spacial score (nSPS) is 15.9. The third-order valence-corrected chi connectivity index (χ3v) is 2.40. The van der Waals surface area contributed by atoms with Gasteiger partial charge in [0.15, 0.2) is 0 Å². The number of aryl methyl sites for hydroxylation is 2. The van der Waals surface area contributed by atoms with Crippen molar-refractivity contribution in [2.45, 2.75) is 39.7 Å². The van der Waals surface area contributed by atoms with Crippen molar-refractivity contribution in [3.05, 3.63) is 17.5 Å². The Balaban J connectivity index is 2.96. The fourth-order valence-electron chi connectivity index (χ4n) is 2.03. The van der Waals surface area contributed by atoms with Crippen molar-refractivity contribution in [2.24, 2.45) is 13.0 Å². The summed E-state index contributed by atoms with van der Waals surface area (Å²) in [6.07, 6.45) is 2.66. The van der Waals surface area contributed by atoms with Gasteiger partial charge in [0.05, 0.1) is 11.3 Å². The maximum atomic E-state index is 10.3. The molecule has 1 aromatic rings. The molecule has 14 heavy (non-hydrogen) atoms. The summed E-state index contributed by atoms with van der Waals surface area (Å²) in [7, 11) is 1.88. The van der Waals surface area contributed by atoms with Crippen molar-refractivity contribution in [2.75, 3.05) is 0 Å². The van der Waals surface area contributed by atoms with Crippen LogP contribution in [-0.4, -0.2) is 14.9 Å². The smallest absolute Gasteiger partial charge is 0.0904 e. The van der Waals surface area contributed by atoms with Crippen LogP contribution in [0.2, 0.25) is 0 Å². The molecule has 0 amide bonds. The highest BCUT2D eigenvalue weighted by atomic mass is 16.3. The Morgan fingerprint density at radius 3 is 2.50 bits per heavy atom. The summed E-state index contributed by atoms with van der Waals surface area (Å²) >= 11 is 0. The van der Waals surface area contributed by atoms with Crippen LogP contribution in [0.3, 0.4) is 0 Å². The molecule has 1 rings (SSSR count). The van der Waals surface area contributed by atoms with Gasteiger partial charge in [-0.3, -0.25) is 4.68 Å². The van der Waals surface area contributed by atoms with E-state index in [4.69, 9.17) is 0 Å². The average molecular weight is 196 g/mol. The fourth-order valence-corrected chi connectivity index (χ4v) is 2.03. The van der Waals surface area contributed by atoms with E-state index >= 15 is 0 Å². The Labute approximate surface area is 85.8 Å². The molecule has 0 aromatic carbocycles. The molecule has 0 aliphatic rings. The molecule has 0 aliphatic carbocycles. The molecular weight excluding hydrogens is 176 g/mol. The van der Waals surface area contributed by atoms with E-state index in [0.29, 0.717) is 5.92 Å². The minimum atomic E-state index is -0.757. The molecule has 1 unspecified atom stereocenters. The second kappa shape index (κ2) is 3.73. The summed E-state index contributed by atoms with van der Waals surface area (Å²) in [5, 5.41) is 14.5. The second-order valence-electron chi connectivity index (χ2n) is 4.67. The SMILES string of the molecule is Cc1nn(C)cc1C(C)(O)CC(C)C. The summed E-state index contributed by atoms with van der Waals surface area (Å²) in [6.45, 7) is 8.02. The molecule has 1 N–H and O–H groups in total. The number of rotatable bonds is 3. The molecule has 1 heterocycles. The van der Waals surface area contributed by atoms with Crippen molar-refractivity contribution < 1.29 is 5.11 Å². The first-order chi connectivity index (χ1) is 6.33. The van der Waals surface area contributed by atoms with E-state index in [0.717, 1.165) is 17.7 Å². The Kier molecular flexibility index (Phi) is 3.00. The monoisotopic (exact) mass is 196 g/mol. The Hall–Kier alpha value is -0.830. The van der Waals surface area contributed by atoms with E-state index in [-0.39, 0.29) is 0 Å². The van der Waals surface area contributed by atoms with Crippen LogP contribution in [0, 0.1) is 12.8 Å². The van der Waals surface area contributed by atoms with Crippen molar-refractivity contribution in [1.82, 2.24) is 9.78 Å². The molecule has 0 radical (unpaired) electrons. The summed E-state index contributed by atoms with van der Waals surface area (Å²) in [5.74, 6) is 0.476. The van der Waals surface area contributed by atoms with Gasteiger partial charge in [0.25, 0.3) is 0 Å². The van der Waals surface area contributed by atoms with Gasteiger partial charge in [-0.1, -0.05) is 13.8 Å². The number of hydrogen-bond donors (Lipinski definition) is 1. The van der Waals surface area contributed by atoms with Gasteiger partial charge in [-0.25, -0.2) is 0 Å². The highest BCUT2D eigenvalue weighted by Crippen LogP contribution is 2.29. The standard InChI is InChI=1S/C11H20N2O/c1-8(2)6-11(4,14)10-7-13(5)12-9(10)3/h7-8,14H,6H2,1-5H3. The molecule has 0 saturated carbocycles. The summed E-state index contributed by atoms with van der Waals surface area (Å²) in [4.78, 5) is 0. The topological polar surface area (TPSA) is 38.0 Å². The molecule has 0 bridgehead atoms. The van der Waals surface area contributed by atoms with E-state index in [1.54, 1.807) is 4.68 Å². The van der Waals surface area contributed by atoms with Crippen molar-refractivity contribution in [3.8, 4) is 0 Å². The average Bonchev–Trinajstić information content (AvgIpc) is 2.27. The summed E-state index contributed by atoms with van der Waals surface area (Å²) in [5.41, 5.74) is 1.10. The Bertz CT molecular complexity index is 313. The first kappa shape index (κ1) is 11.2. The van der Waals surface area contributed by atoms with Gasteiger partial charge in [0.2, 0.25) is 0 Å². The second-order valence-corrected chi connectivity index (χ2v) is 4.67. The number of hydrogen-bond acceptors (Lipinski definition) is 2. The maximum Gasteiger partial charge on any atom is 0.0904 e. The largest absolute Gasteiger partial charge is 0.385 e. The first-order valence-corrected chi connectivity index (χ1v) is 5.06. The van der Waals surface area contributed by atoms with Gasteiger partial charge < -0.3 is 5.11 Å². The van der Waals surface area contributed by atoms with Gasteiger partial charge in [0.1, 0.15) is 0 Å². The van der Waals surface area contributed by atoms with E-state index < -0.39 is 5.60 Å². The molecule has 80 valence electrons. The fraction of sp³-hybridized carbons (Fsp3) is 0.727. The highest BCUT2D eigenvalue weighted by Gasteiger charge is 2.27. The lowest BCUT2D eigenvalue weighted by atomic mass is 9.88. The van der Waals surface area contributed by atoms with E-state index in [1.807, 2.05) is 27.1 Å². The zero-order valence-electron chi connectivity index (χ0n) is 9.70. The maximum absolute atomic E-state index is 10.3. The number of nitrogens with zero attached hydrogens (tertiary/aromatic N) is 2. The molecule has 1 atom stereocenters. The van der Waals surface area contributed by atoms with Crippen molar-refractivity contribution in [3.63, 3.8) is 0 Å². The summed E-state index contributed by atoms with van der Waals surface area (Å²) < 4.78 is 1.75. The zero-order valence-corrected chi connectivity index (χ0v) is 9.70. The quantitative estimate of drug-likeness (QED) is 0.802. The van der Waals surface area contributed by atoms with Crippen LogP contribution >= 0.6 is 0 Å². The molecule has 0 fully saturated rings. The number of aliphatic hydroxyl groups is 1. The van der Waals surface area contributed by atoms with Gasteiger partial charge in [-0.05, 0) is 26.2 Å². The zero-order chi connectivity index (χ0) is 10.9. The van der Waals surface area contributed by atoms with Crippen LogP contribution in [0.25, 0.3) is 0 Å². The third-order valence-electron chi connectivity index (χ3n) is 2.40. The lowest BCUT2D eigenvalue weighted by molar-refractivity contribution is 0.0342. The molecule has 3 nitrogen and oxygen atoms in total. The lowest BCUT2D eigenvalue weighted by Gasteiger charge is -2.24. The predicted octanol–water partition coefficient (Wildman–Crippen LogP) is 1.98. The molecule has 3 heteroatoms. The van der Waals surface area contributed by atoms with E-state index in [9.17, 15) is 5.11 Å². The Morgan fingerprint density at radius 2 is 2.14 bits per heavy atom. The van der Waals surface area contributed by atoms with Crippen LogP contribution in [0.15, 0.2) is 6.20 Å². The van der Waals surface area contributed by atoms with Crippen molar-refractivity contribution in [1.29, 1.82) is 0 Å². The predicted molar refractivity (Wildman–Crippen MR) is 57.0 cm³/mol. The van der Waals surface area contributed by atoms with Crippen LogP contribution < -0.4 is 0 Å². The molecule has 0 spiro atoms. The number of aromatic nitrogens is 2. The van der Waals surface area contributed by atoms with Crippen LogP contribution in [0.5, 0.6) is 0 Å². The van der Waals surface area contributed by atoms with Gasteiger partial charge >= 0.3 is 0 Å². The molecule has 1 aromatic heterocycles. The van der Waals surface area contributed by atoms with Crippen LogP contribution in [0.4, 0.5) is 0 Å². The van der Waals surface area contributed by atoms with Crippen LogP contribution in [-0.2, 0) is 12.6 Å². The third kappa shape index (κ3) is 2.35. The van der Waals surface area contributed by atoms with E-state index in [1.165, 1.54) is 0 Å². The lowest BCUT2D eigenvalue weighted by Crippen LogP contribution is -2.23. The van der Waals surface area contributed by atoms with Crippen molar-refractivity contribution >= 4 is 0 Å². The first-order valence-electron chi connectivity index (χ1n) is 5.06. The minimum absolute atomic E-state index is 0.476. The molecular formula is C11H20N2O. The highest BCUT2D eigenvalue weighted by molar-refractivity contribution is 5.22. The Morgan fingerprint density at radius 1 is 1.57 bits per heavy atom. The summed E-state index contributed by atoms with van der Waals surface area (Å²) in [6, 6.07) is 0. The van der Waals surface area contributed by atoms with Gasteiger partial charge in [0, 0.05) is 18.8 Å². The van der Waals surface area contributed by atoms with Gasteiger partial charge in [-0.2, -0.15) is 5.10 Å². The van der Waals surface area contributed by atoms with Gasteiger partial charge in [-0.15, -0.1) is 0 Å². The van der Waals surface area contributed by atoms with E-state index in [2.05, 4.69) is 18.9 Å². The van der Waals surface area contributed by atoms with Crippen LogP contribution in [0.1, 0.15) is 38.4 Å². The minimum Gasteiger partial charge on any atom is -0.385 e. The molecule has 0 saturated heterocycles.